The van der Waals surface area contributed by atoms with Crippen LogP contribution in [0.15, 0.2) is 9.59 Å². The number of carboxylic acid groups (broad SMARTS) is 1. The lowest BCUT2D eigenvalue weighted by Gasteiger charge is -2.28. The second kappa shape index (κ2) is 10.9. The van der Waals surface area contributed by atoms with E-state index in [4.69, 9.17) is 9.90 Å². The minimum atomic E-state index is -5.08. The lowest BCUT2D eigenvalue weighted by molar-refractivity contribution is -0.192. The first-order valence-corrected chi connectivity index (χ1v) is 9.86. The Morgan fingerprint density at radius 2 is 1.79 bits per heavy atom. The van der Waals surface area contributed by atoms with Crippen LogP contribution in [0.25, 0.3) is 11.2 Å². The van der Waals surface area contributed by atoms with Crippen LogP contribution < -0.4 is 21.5 Å². The standard InChI is InChI=1S/C17H22N6O4.C2HF3O2/c1-4-5-8-22-13-14(19-16(22)21-9-6-18-7-10-21)23(11-12(24)27-3)17(26)20(2)15(13)25;3-2(4,5)1(6)7/h18H,6-11H2,1-3H3;(H,6,7). The van der Waals surface area contributed by atoms with Gasteiger partial charge in [-0.25, -0.2) is 9.59 Å². The van der Waals surface area contributed by atoms with Gasteiger partial charge in [0.25, 0.3) is 5.56 Å². The molecular formula is C19H23F3N6O6. The maximum atomic E-state index is 12.8. The molecule has 0 spiro atoms. The number of imidazole rings is 1. The Balaban J connectivity index is 0.000000509. The molecule has 1 aliphatic rings. The third kappa shape index (κ3) is 5.76. The van der Waals surface area contributed by atoms with Crippen molar-refractivity contribution in [1.82, 2.24) is 24.0 Å². The SMILES string of the molecule is CC#CCn1c(N2CCNCC2)nc2c1c(=O)n(C)c(=O)n2CC(=O)OC.O=C(O)C(F)(F)F. The minimum absolute atomic E-state index is 0.167. The van der Waals surface area contributed by atoms with Gasteiger partial charge in [0, 0.05) is 33.2 Å². The fourth-order valence-corrected chi connectivity index (χ4v) is 3.10. The molecule has 0 bridgehead atoms. The Bertz CT molecular complexity index is 1240. The fourth-order valence-electron chi connectivity index (χ4n) is 3.10. The van der Waals surface area contributed by atoms with Crippen molar-refractivity contribution in [3.05, 3.63) is 20.8 Å². The van der Waals surface area contributed by atoms with Crippen LogP contribution in [0.5, 0.6) is 0 Å². The zero-order valence-electron chi connectivity index (χ0n) is 18.6. The number of nitrogens with zero attached hydrogens (tertiary/aromatic N) is 5. The molecule has 3 heterocycles. The highest BCUT2D eigenvalue weighted by Crippen LogP contribution is 2.20. The molecule has 2 N–H and O–H groups in total. The van der Waals surface area contributed by atoms with Crippen LogP contribution in [0, 0.1) is 11.8 Å². The normalized spacial score (nSPS) is 13.5. The Morgan fingerprint density at radius 3 is 2.29 bits per heavy atom. The molecule has 2 aromatic rings. The molecule has 3 rings (SSSR count). The molecule has 0 unspecified atom stereocenters. The average Bonchev–Trinajstić information content (AvgIpc) is 3.18. The number of anilines is 1. The first-order valence-electron chi connectivity index (χ1n) is 9.86. The average molecular weight is 488 g/mol. The summed E-state index contributed by atoms with van der Waals surface area (Å²) in [7, 11) is 2.62. The Labute approximate surface area is 190 Å². The molecular weight excluding hydrogens is 465 g/mol. The van der Waals surface area contributed by atoms with Gasteiger partial charge < -0.3 is 20.1 Å². The number of aliphatic carboxylic acids is 1. The summed E-state index contributed by atoms with van der Waals surface area (Å²) in [5, 5.41) is 10.4. The fraction of sp³-hybridized carbons (Fsp3) is 0.526. The summed E-state index contributed by atoms with van der Waals surface area (Å²) in [6, 6.07) is 0. The number of ether oxygens (including phenoxy) is 1. The highest BCUT2D eigenvalue weighted by molar-refractivity contribution is 5.77. The number of carbonyl (C=O) groups is 2. The monoisotopic (exact) mass is 488 g/mol. The molecule has 2 aromatic heterocycles. The molecule has 0 saturated carbocycles. The molecule has 0 radical (unpaired) electrons. The lowest BCUT2D eigenvalue weighted by atomic mass is 10.4. The van der Waals surface area contributed by atoms with Gasteiger partial charge in [0.1, 0.15) is 6.54 Å². The molecule has 0 aliphatic carbocycles. The van der Waals surface area contributed by atoms with E-state index < -0.39 is 29.4 Å². The second-order valence-electron chi connectivity index (χ2n) is 6.95. The molecule has 186 valence electrons. The third-order valence-corrected chi connectivity index (χ3v) is 4.78. The third-order valence-electron chi connectivity index (χ3n) is 4.78. The molecule has 12 nitrogen and oxygen atoms in total. The Hall–Kier alpha value is -3.80. The van der Waals surface area contributed by atoms with E-state index >= 15 is 0 Å². The number of rotatable bonds is 4. The smallest absolute Gasteiger partial charge is 0.475 e. The first-order chi connectivity index (χ1) is 15.9. The highest BCUT2D eigenvalue weighted by atomic mass is 19.4. The second-order valence-corrected chi connectivity index (χ2v) is 6.95. The van der Waals surface area contributed by atoms with Crippen molar-refractivity contribution in [3.63, 3.8) is 0 Å². The van der Waals surface area contributed by atoms with E-state index in [0.29, 0.717) is 19.0 Å². The number of piperazine rings is 1. The van der Waals surface area contributed by atoms with Gasteiger partial charge in [-0.3, -0.25) is 23.3 Å². The van der Waals surface area contributed by atoms with Crippen molar-refractivity contribution in [1.29, 1.82) is 0 Å². The van der Waals surface area contributed by atoms with Gasteiger partial charge in [-0.15, -0.1) is 5.92 Å². The number of carboxylic acids is 1. The van der Waals surface area contributed by atoms with Crippen LogP contribution in [-0.4, -0.2) is 75.2 Å². The summed E-state index contributed by atoms with van der Waals surface area (Å²) in [6.07, 6.45) is -5.08. The molecule has 0 atom stereocenters. The summed E-state index contributed by atoms with van der Waals surface area (Å²) in [6.45, 7) is 4.66. The lowest BCUT2D eigenvalue weighted by Crippen LogP contribution is -2.44. The van der Waals surface area contributed by atoms with E-state index in [2.05, 4.69) is 26.9 Å². The zero-order valence-corrected chi connectivity index (χ0v) is 18.6. The van der Waals surface area contributed by atoms with Crippen molar-refractivity contribution < 1.29 is 32.6 Å². The Kier molecular flexibility index (Phi) is 8.46. The molecule has 0 aromatic carbocycles. The number of carbonyl (C=O) groups excluding carboxylic acids is 1. The number of esters is 1. The van der Waals surface area contributed by atoms with E-state index in [0.717, 1.165) is 17.7 Å². The predicted molar refractivity (Wildman–Crippen MR) is 113 cm³/mol. The van der Waals surface area contributed by atoms with Gasteiger partial charge in [-0.1, -0.05) is 5.92 Å². The molecule has 1 saturated heterocycles. The number of nitrogens with one attached hydrogen (secondary N) is 1. The molecule has 34 heavy (non-hydrogen) atoms. The van der Waals surface area contributed by atoms with Crippen LogP contribution in [-0.2, 0) is 34.5 Å². The van der Waals surface area contributed by atoms with Gasteiger partial charge >= 0.3 is 23.8 Å². The summed E-state index contributed by atoms with van der Waals surface area (Å²) in [5.41, 5.74) is -0.670. The number of hydrogen-bond acceptors (Lipinski definition) is 8. The number of alkyl halides is 3. The zero-order chi connectivity index (χ0) is 25.6. The number of halogens is 3. The molecule has 1 fully saturated rings. The number of methoxy groups -OCH3 is 1. The van der Waals surface area contributed by atoms with E-state index in [1.165, 1.54) is 18.7 Å². The van der Waals surface area contributed by atoms with Crippen LogP contribution >= 0.6 is 0 Å². The molecule has 0 amide bonds. The topological polar surface area (TPSA) is 141 Å². The van der Waals surface area contributed by atoms with Gasteiger partial charge in [-0.2, -0.15) is 18.2 Å². The van der Waals surface area contributed by atoms with Crippen LogP contribution in [0.4, 0.5) is 19.1 Å². The van der Waals surface area contributed by atoms with Crippen LogP contribution in [0.2, 0.25) is 0 Å². The van der Waals surface area contributed by atoms with Gasteiger partial charge in [0.2, 0.25) is 5.95 Å². The molecule has 15 heteroatoms. The van der Waals surface area contributed by atoms with Crippen molar-refractivity contribution in [2.75, 3.05) is 38.2 Å². The van der Waals surface area contributed by atoms with E-state index in [1.54, 1.807) is 11.5 Å². The predicted octanol–water partition coefficient (Wildman–Crippen LogP) is -0.864. The van der Waals surface area contributed by atoms with Crippen LogP contribution in [0.1, 0.15) is 6.92 Å². The van der Waals surface area contributed by atoms with Gasteiger partial charge in [0.15, 0.2) is 11.2 Å². The van der Waals surface area contributed by atoms with Crippen LogP contribution in [0.3, 0.4) is 0 Å². The van der Waals surface area contributed by atoms with E-state index in [9.17, 15) is 27.6 Å². The van der Waals surface area contributed by atoms with Gasteiger partial charge in [-0.05, 0) is 6.92 Å². The molecule has 1 aliphatic heterocycles. The minimum Gasteiger partial charge on any atom is -0.475 e. The van der Waals surface area contributed by atoms with Crippen molar-refractivity contribution in [3.8, 4) is 11.8 Å². The summed E-state index contributed by atoms with van der Waals surface area (Å²) in [4.78, 5) is 52.7. The number of hydrogen-bond donors (Lipinski definition) is 2. The van der Waals surface area contributed by atoms with E-state index in [1.807, 2.05) is 4.90 Å². The van der Waals surface area contributed by atoms with Crippen molar-refractivity contribution in [2.45, 2.75) is 26.2 Å². The summed E-state index contributed by atoms with van der Waals surface area (Å²) >= 11 is 0. The summed E-state index contributed by atoms with van der Waals surface area (Å²) < 4.78 is 40.3. The number of aromatic nitrogens is 4. The highest BCUT2D eigenvalue weighted by Gasteiger charge is 2.38. The van der Waals surface area contributed by atoms with E-state index in [-0.39, 0.29) is 24.3 Å². The maximum absolute atomic E-state index is 12.8. The quantitative estimate of drug-likeness (QED) is 0.415. The Morgan fingerprint density at radius 1 is 1.21 bits per heavy atom. The largest absolute Gasteiger partial charge is 0.490 e. The van der Waals surface area contributed by atoms with Crippen molar-refractivity contribution in [2.24, 2.45) is 7.05 Å². The van der Waals surface area contributed by atoms with Crippen molar-refractivity contribution >= 4 is 29.1 Å². The van der Waals surface area contributed by atoms with Gasteiger partial charge in [0.05, 0.1) is 13.7 Å². The number of fused-ring (bicyclic) bond motifs is 1. The maximum Gasteiger partial charge on any atom is 0.490 e. The first kappa shape index (κ1) is 26.5. The summed E-state index contributed by atoms with van der Waals surface area (Å²) in [5.74, 6) is 2.99.